The van der Waals surface area contributed by atoms with Crippen LogP contribution in [-0.4, -0.2) is 62.8 Å². The lowest BCUT2D eigenvalue weighted by molar-refractivity contribution is -0.136. The quantitative estimate of drug-likeness (QED) is 0.408. The van der Waals surface area contributed by atoms with Gasteiger partial charge < -0.3 is 29.8 Å². The van der Waals surface area contributed by atoms with E-state index < -0.39 is 35.8 Å². The first-order valence-corrected chi connectivity index (χ1v) is 14.7. The fourth-order valence-electron chi connectivity index (χ4n) is 4.61. The Balaban J connectivity index is 1.70. The van der Waals surface area contributed by atoms with E-state index in [2.05, 4.69) is 31.1 Å². The van der Waals surface area contributed by atoms with E-state index in [1.165, 1.54) is 16.2 Å². The van der Waals surface area contributed by atoms with Gasteiger partial charge in [0.15, 0.2) is 5.69 Å². The van der Waals surface area contributed by atoms with Gasteiger partial charge in [-0.2, -0.15) is 0 Å². The molecule has 42 heavy (non-hydrogen) atoms. The molecule has 4 heterocycles. The number of aryl methyl sites for hydroxylation is 2. The largest absolute Gasteiger partial charge is 0.443 e. The van der Waals surface area contributed by atoms with Gasteiger partial charge in [0, 0.05) is 24.0 Å². The number of carbonyl (C=O) groups is 4. The lowest BCUT2D eigenvalue weighted by Gasteiger charge is -2.27. The van der Waals surface area contributed by atoms with E-state index in [1.807, 2.05) is 27.7 Å². The number of nitrogens with one attached hydrogen (secondary N) is 3. The third kappa shape index (κ3) is 7.22. The van der Waals surface area contributed by atoms with Gasteiger partial charge in [-0.3, -0.25) is 19.2 Å². The molecule has 0 saturated carbocycles. The van der Waals surface area contributed by atoms with Crippen LogP contribution in [0.15, 0.2) is 20.4 Å². The van der Waals surface area contributed by atoms with Crippen LogP contribution in [0.5, 0.6) is 0 Å². The number of thiazole rings is 1. The molecule has 4 amide bonds. The molecule has 4 rings (SSSR count). The predicted molar refractivity (Wildman–Crippen MR) is 153 cm³/mol. The Morgan fingerprint density at radius 1 is 1.05 bits per heavy atom. The highest BCUT2D eigenvalue weighted by Crippen LogP contribution is 2.27. The fourth-order valence-corrected chi connectivity index (χ4v) is 5.63. The Labute approximate surface area is 247 Å². The molecular weight excluding hydrogens is 562 g/mol. The zero-order chi connectivity index (χ0) is 30.7. The maximum absolute atomic E-state index is 13.3. The summed E-state index contributed by atoms with van der Waals surface area (Å²) >= 11 is 1.26. The summed E-state index contributed by atoms with van der Waals surface area (Å²) in [6.07, 6.45) is -0.101. The molecule has 0 unspecified atom stereocenters. The Morgan fingerprint density at radius 3 is 2.40 bits per heavy atom. The summed E-state index contributed by atoms with van der Waals surface area (Å²) in [6.45, 7) is 12.6. The zero-order valence-electron chi connectivity index (χ0n) is 24.8. The second-order valence-corrected chi connectivity index (χ2v) is 12.2. The van der Waals surface area contributed by atoms with Crippen LogP contribution in [0.4, 0.5) is 0 Å². The van der Waals surface area contributed by atoms with E-state index in [0.29, 0.717) is 16.5 Å². The fraction of sp³-hybridized carbons (Fsp3) is 0.536. The van der Waals surface area contributed by atoms with E-state index in [9.17, 15) is 19.2 Å². The third-order valence-corrected chi connectivity index (χ3v) is 7.74. The Hall–Kier alpha value is -4.07. The zero-order valence-corrected chi connectivity index (χ0v) is 25.6. The normalized spacial score (nSPS) is 20.6. The molecule has 0 fully saturated rings. The highest BCUT2D eigenvalue weighted by Gasteiger charge is 2.31. The van der Waals surface area contributed by atoms with Gasteiger partial charge in [-0.1, -0.05) is 32.9 Å². The highest BCUT2D eigenvalue weighted by molar-refractivity contribution is 7.09. The second kappa shape index (κ2) is 12.8. The van der Waals surface area contributed by atoms with Gasteiger partial charge in [-0.25, -0.2) is 9.97 Å². The van der Waals surface area contributed by atoms with Crippen molar-refractivity contribution >= 4 is 35.0 Å². The van der Waals surface area contributed by atoms with Gasteiger partial charge in [0.2, 0.25) is 17.7 Å². The van der Waals surface area contributed by atoms with Crippen molar-refractivity contribution in [1.29, 1.82) is 0 Å². The van der Waals surface area contributed by atoms with E-state index in [1.54, 1.807) is 32.2 Å². The van der Waals surface area contributed by atoms with Gasteiger partial charge in [0.1, 0.15) is 28.3 Å². The third-order valence-electron chi connectivity index (χ3n) is 6.81. The summed E-state index contributed by atoms with van der Waals surface area (Å²) < 4.78 is 11.1. The maximum Gasteiger partial charge on any atom is 0.273 e. The summed E-state index contributed by atoms with van der Waals surface area (Å²) in [5, 5.41) is 14.8. The molecule has 226 valence electrons. The second-order valence-electron chi connectivity index (χ2n) is 11.3. The van der Waals surface area contributed by atoms with Crippen molar-refractivity contribution in [3.8, 4) is 0 Å². The average molecular weight is 600 g/mol. The molecule has 0 radical (unpaired) electrons. The summed E-state index contributed by atoms with van der Waals surface area (Å²) in [5.41, 5.74) is 0.895. The highest BCUT2D eigenvalue weighted by atomic mass is 32.1. The van der Waals surface area contributed by atoms with Crippen molar-refractivity contribution in [3.63, 3.8) is 0 Å². The molecule has 0 aromatic carbocycles. The van der Waals surface area contributed by atoms with Gasteiger partial charge >= 0.3 is 0 Å². The molecule has 0 saturated heterocycles. The number of hydrogen-bond acceptors (Lipinski definition) is 10. The van der Waals surface area contributed by atoms with Crippen molar-refractivity contribution in [1.82, 2.24) is 36.0 Å². The predicted octanol–water partition coefficient (Wildman–Crippen LogP) is 2.88. The first kappa shape index (κ1) is 30.9. The van der Waals surface area contributed by atoms with Crippen LogP contribution in [0.25, 0.3) is 0 Å². The summed E-state index contributed by atoms with van der Waals surface area (Å²) in [4.78, 5) is 63.4. The Bertz CT molecular complexity index is 1460. The van der Waals surface area contributed by atoms with Gasteiger partial charge in [-0.15, -0.1) is 11.3 Å². The monoisotopic (exact) mass is 599 g/mol. The van der Waals surface area contributed by atoms with Crippen molar-refractivity contribution < 1.29 is 28.1 Å². The number of fused-ring (bicyclic) bond motifs is 4. The van der Waals surface area contributed by atoms with Crippen LogP contribution >= 0.6 is 11.3 Å². The molecule has 1 aliphatic heterocycles. The van der Waals surface area contributed by atoms with Gasteiger partial charge in [-0.05, 0) is 32.6 Å². The van der Waals surface area contributed by atoms with Gasteiger partial charge in [0.05, 0.1) is 24.7 Å². The SMILES string of the molecule is Cc1cc(CC(=O)N2CC(=O)N[C@@H](C(C)C)c3nc(cs3)C(=O)N[C@H](C(C)C)c3nc(c(C)o3)C(=O)N[C@H](C)C2)on1. The summed E-state index contributed by atoms with van der Waals surface area (Å²) in [7, 11) is 0. The molecule has 3 N–H and O–H groups in total. The molecule has 0 aliphatic carbocycles. The lowest BCUT2D eigenvalue weighted by atomic mass is 10.0. The van der Waals surface area contributed by atoms with Crippen LogP contribution in [0.2, 0.25) is 0 Å². The molecule has 0 spiro atoms. The number of hydrogen-bond donors (Lipinski definition) is 3. The topological polar surface area (TPSA) is 173 Å². The number of amides is 4. The van der Waals surface area contributed by atoms with Crippen molar-refractivity contribution in [3.05, 3.63) is 50.9 Å². The molecule has 1 aliphatic rings. The summed E-state index contributed by atoms with van der Waals surface area (Å²) in [5.74, 6) is -1.02. The first-order valence-electron chi connectivity index (χ1n) is 13.9. The van der Waals surface area contributed by atoms with Crippen LogP contribution in [0.3, 0.4) is 0 Å². The number of aromatic nitrogens is 3. The summed E-state index contributed by atoms with van der Waals surface area (Å²) in [6, 6.07) is -0.00210. The van der Waals surface area contributed by atoms with Crippen molar-refractivity contribution in [2.45, 2.75) is 73.0 Å². The molecule has 3 aromatic rings. The average Bonchev–Trinajstić information content (AvgIpc) is 3.64. The van der Waals surface area contributed by atoms with Crippen molar-refractivity contribution in [2.24, 2.45) is 11.8 Å². The van der Waals surface area contributed by atoms with E-state index in [4.69, 9.17) is 8.94 Å². The number of oxazole rings is 1. The van der Waals surface area contributed by atoms with E-state index in [0.717, 1.165) is 0 Å². The van der Waals surface area contributed by atoms with Crippen LogP contribution in [0.1, 0.15) is 95.8 Å². The molecule has 3 atom stereocenters. The Morgan fingerprint density at radius 2 is 1.76 bits per heavy atom. The van der Waals surface area contributed by atoms with Gasteiger partial charge in [0.25, 0.3) is 11.8 Å². The molecule has 13 nitrogen and oxygen atoms in total. The maximum atomic E-state index is 13.3. The van der Waals surface area contributed by atoms with Crippen LogP contribution in [-0.2, 0) is 16.0 Å². The van der Waals surface area contributed by atoms with E-state index in [-0.39, 0.29) is 60.3 Å². The Kier molecular flexibility index (Phi) is 9.44. The minimum Gasteiger partial charge on any atom is -0.443 e. The molecule has 14 heteroatoms. The van der Waals surface area contributed by atoms with Crippen molar-refractivity contribution in [2.75, 3.05) is 13.1 Å². The number of rotatable bonds is 4. The molecular formula is C28H37N7O6S. The van der Waals surface area contributed by atoms with Crippen LogP contribution < -0.4 is 16.0 Å². The molecule has 4 bridgehead atoms. The lowest BCUT2D eigenvalue weighted by Crippen LogP contribution is -2.49. The van der Waals surface area contributed by atoms with Crippen LogP contribution in [0, 0.1) is 25.7 Å². The minimum absolute atomic E-state index is 0.0489. The standard InChI is InChI=1S/C28H37N7O6S/c1-13(2)22-27-33-24(17(7)40-27)26(39)29-16(6)10-35(21(37)9-18-8-15(5)34-41-18)11-20(36)31-23(14(3)4)28-30-19(12-42-28)25(38)32-22/h8,12-14,16,22-23H,9-11H2,1-7H3,(H,29,39)(H,31,36)(H,32,38)/t16-,22-,23+/m1/s1. The first-order chi connectivity index (χ1) is 19.8. The smallest absolute Gasteiger partial charge is 0.273 e. The molecule has 3 aromatic heterocycles. The number of nitrogens with zero attached hydrogens (tertiary/aromatic N) is 4. The van der Waals surface area contributed by atoms with E-state index >= 15 is 0 Å². The number of carbonyl (C=O) groups excluding carboxylic acids is 4. The minimum atomic E-state index is -0.618.